The Morgan fingerprint density at radius 3 is 2.61 bits per heavy atom. The zero-order valence-electron chi connectivity index (χ0n) is 18.1. The van der Waals surface area contributed by atoms with Crippen molar-refractivity contribution < 1.29 is 14.3 Å². The molecule has 0 saturated heterocycles. The molecule has 1 amide bonds. The van der Waals surface area contributed by atoms with Crippen LogP contribution in [-0.2, 0) is 4.79 Å². The minimum atomic E-state index is -0.658. The van der Waals surface area contributed by atoms with Gasteiger partial charge in [-0.1, -0.05) is 19.1 Å². The number of carbonyl (C=O) groups excluding carboxylic acids is 2. The molecule has 8 heteroatoms. The number of rotatable bonds is 6. The number of fused-ring (bicyclic) bond motifs is 1. The van der Waals surface area contributed by atoms with E-state index in [1.165, 1.54) is 4.68 Å². The number of ketones is 1. The second-order valence-corrected chi connectivity index (χ2v) is 7.72. The summed E-state index contributed by atoms with van der Waals surface area (Å²) in [5.74, 6) is 0.278. The van der Waals surface area contributed by atoms with E-state index in [9.17, 15) is 9.59 Å². The normalized spacial score (nSPS) is 15.4. The molecule has 31 heavy (non-hydrogen) atoms. The van der Waals surface area contributed by atoms with E-state index in [2.05, 4.69) is 20.4 Å². The highest BCUT2D eigenvalue weighted by molar-refractivity contribution is 6.09. The van der Waals surface area contributed by atoms with E-state index < -0.39 is 5.92 Å². The lowest BCUT2D eigenvalue weighted by molar-refractivity contribution is -0.116. The minimum absolute atomic E-state index is 0.0498. The van der Waals surface area contributed by atoms with Gasteiger partial charge in [0.25, 0.3) is 5.95 Å². The van der Waals surface area contributed by atoms with E-state index in [0.717, 1.165) is 17.8 Å². The topological polar surface area (TPSA) is 99.0 Å². The van der Waals surface area contributed by atoms with Gasteiger partial charge in [0.2, 0.25) is 5.91 Å². The van der Waals surface area contributed by atoms with Crippen LogP contribution in [-0.4, -0.2) is 38.0 Å². The Hall–Kier alpha value is -3.55. The Balaban J connectivity index is 1.80. The van der Waals surface area contributed by atoms with E-state index in [4.69, 9.17) is 4.74 Å². The Bertz CT molecular complexity index is 1150. The van der Waals surface area contributed by atoms with Gasteiger partial charge in [0.15, 0.2) is 5.78 Å². The SMILES string of the molecule is CCCOc1ccccc1C(=O)C1CC(=O)Nc2c1c(C)nn2-c1nc(C)cc(C)n1. The molecule has 1 aliphatic heterocycles. The largest absolute Gasteiger partial charge is 0.493 e. The number of anilines is 1. The number of benzene rings is 1. The maximum absolute atomic E-state index is 13.6. The Labute approximate surface area is 180 Å². The van der Waals surface area contributed by atoms with Crippen LogP contribution in [0.3, 0.4) is 0 Å². The van der Waals surface area contributed by atoms with Gasteiger partial charge in [0.05, 0.1) is 23.8 Å². The molecular weight excluding hydrogens is 394 g/mol. The number of Topliss-reactive ketones (excluding diaryl/α,β-unsaturated/α-hetero) is 1. The Morgan fingerprint density at radius 1 is 1.19 bits per heavy atom. The fourth-order valence-electron chi connectivity index (χ4n) is 3.91. The van der Waals surface area contributed by atoms with Crippen molar-refractivity contribution in [3.05, 3.63) is 58.5 Å². The number of ether oxygens (including phenoxy) is 1. The number of nitrogens with one attached hydrogen (secondary N) is 1. The summed E-state index contributed by atoms with van der Waals surface area (Å²) in [4.78, 5) is 35.1. The number of hydrogen-bond donors (Lipinski definition) is 1. The number of carbonyl (C=O) groups is 2. The summed E-state index contributed by atoms with van der Waals surface area (Å²) in [6.45, 7) is 8.10. The predicted octanol–water partition coefficient (Wildman–Crippen LogP) is 3.69. The van der Waals surface area contributed by atoms with E-state index in [-0.39, 0.29) is 18.1 Å². The molecule has 1 aliphatic rings. The molecule has 4 rings (SSSR count). The molecule has 3 aromatic rings. The molecule has 0 spiro atoms. The van der Waals surface area contributed by atoms with Crippen molar-refractivity contribution in [1.82, 2.24) is 19.7 Å². The van der Waals surface area contributed by atoms with Gasteiger partial charge < -0.3 is 10.1 Å². The summed E-state index contributed by atoms with van der Waals surface area (Å²) in [7, 11) is 0. The summed E-state index contributed by atoms with van der Waals surface area (Å²) in [6.07, 6.45) is 0.883. The molecule has 3 heterocycles. The van der Waals surface area contributed by atoms with Gasteiger partial charge in [-0.15, -0.1) is 0 Å². The zero-order chi connectivity index (χ0) is 22.1. The first-order chi connectivity index (χ1) is 14.9. The lowest BCUT2D eigenvalue weighted by atomic mass is 9.85. The maximum atomic E-state index is 13.6. The van der Waals surface area contributed by atoms with Crippen LogP contribution >= 0.6 is 0 Å². The summed E-state index contributed by atoms with van der Waals surface area (Å²) in [5, 5.41) is 7.44. The van der Waals surface area contributed by atoms with E-state index >= 15 is 0 Å². The van der Waals surface area contributed by atoms with Gasteiger partial charge in [-0.3, -0.25) is 9.59 Å². The molecule has 0 radical (unpaired) electrons. The minimum Gasteiger partial charge on any atom is -0.493 e. The third-order valence-corrected chi connectivity index (χ3v) is 5.19. The lowest BCUT2D eigenvalue weighted by Gasteiger charge is -2.23. The number of amides is 1. The highest BCUT2D eigenvalue weighted by atomic mass is 16.5. The van der Waals surface area contributed by atoms with Crippen molar-refractivity contribution in [2.24, 2.45) is 0 Å². The fraction of sp³-hybridized carbons (Fsp3) is 0.348. The van der Waals surface area contributed by atoms with Crippen molar-refractivity contribution >= 4 is 17.5 Å². The maximum Gasteiger partial charge on any atom is 0.252 e. The Kier molecular flexibility index (Phi) is 5.54. The van der Waals surface area contributed by atoms with Crippen LogP contribution in [0.25, 0.3) is 5.95 Å². The third-order valence-electron chi connectivity index (χ3n) is 5.19. The first kappa shape index (κ1) is 20.7. The number of hydrogen-bond acceptors (Lipinski definition) is 6. The van der Waals surface area contributed by atoms with Crippen LogP contribution in [0.4, 0.5) is 5.82 Å². The summed E-state index contributed by atoms with van der Waals surface area (Å²) >= 11 is 0. The molecule has 0 aliphatic carbocycles. The van der Waals surface area contributed by atoms with Crippen molar-refractivity contribution in [3.8, 4) is 11.7 Å². The molecule has 0 fully saturated rings. The molecule has 8 nitrogen and oxygen atoms in total. The Morgan fingerprint density at radius 2 is 1.90 bits per heavy atom. The number of nitrogens with zero attached hydrogens (tertiary/aromatic N) is 4. The third kappa shape index (κ3) is 3.93. The van der Waals surface area contributed by atoms with E-state index in [0.29, 0.717) is 40.9 Å². The molecule has 2 aromatic heterocycles. The number of aryl methyl sites for hydroxylation is 3. The highest BCUT2D eigenvalue weighted by Gasteiger charge is 2.37. The smallest absolute Gasteiger partial charge is 0.252 e. The molecule has 1 atom stereocenters. The van der Waals surface area contributed by atoms with Crippen LogP contribution in [0, 0.1) is 20.8 Å². The van der Waals surface area contributed by atoms with Gasteiger partial charge in [0.1, 0.15) is 11.6 Å². The molecule has 1 N–H and O–H groups in total. The average Bonchev–Trinajstić information content (AvgIpc) is 3.07. The van der Waals surface area contributed by atoms with Crippen molar-refractivity contribution in [2.75, 3.05) is 11.9 Å². The first-order valence-electron chi connectivity index (χ1n) is 10.4. The summed E-state index contributed by atoms with van der Waals surface area (Å²) in [6, 6.07) is 9.03. The second kappa shape index (κ2) is 8.29. The van der Waals surface area contributed by atoms with Gasteiger partial charge >= 0.3 is 0 Å². The van der Waals surface area contributed by atoms with E-state index in [1.54, 1.807) is 18.2 Å². The second-order valence-electron chi connectivity index (χ2n) is 7.72. The average molecular weight is 419 g/mol. The van der Waals surface area contributed by atoms with Gasteiger partial charge in [0, 0.05) is 23.4 Å². The summed E-state index contributed by atoms with van der Waals surface area (Å²) < 4.78 is 7.30. The van der Waals surface area contributed by atoms with Crippen LogP contribution in [0.2, 0.25) is 0 Å². The predicted molar refractivity (Wildman–Crippen MR) is 116 cm³/mol. The van der Waals surface area contributed by atoms with Crippen molar-refractivity contribution in [3.63, 3.8) is 0 Å². The molecule has 1 unspecified atom stereocenters. The molecule has 0 bridgehead atoms. The van der Waals surface area contributed by atoms with Crippen molar-refractivity contribution in [2.45, 2.75) is 46.5 Å². The zero-order valence-corrected chi connectivity index (χ0v) is 18.1. The summed E-state index contributed by atoms with van der Waals surface area (Å²) in [5.41, 5.74) is 3.40. The molecule has 1 aromatic carbocycles. The monoisotopic (exact) mass is 419 g/mol. The quantitative estimate of drug-likeness (QED) is 0.612. The highest BCUT2D eigenvalue weighted by Crippen LogP contribution is 2.39. The molecule has 0 saturated carbocycles. The van der Waals surface area contributed by atoms with Crippen LogP contribution in [0.5, 0.6) is 5.75 Å². The molecular formula is C23H25N5O3. The standard InChI is InChI=1S/C23H25N5O3/c1-5-10-31-18-9-7-6-8-16(18)21(30)17-12-19(29)26-22-20(17)15(4)27-28(22)23-24-13(2)11-14(3)25-23/h6-9,11,17H,5,10,12H2,1-4H3,(H,26,29). The van der Waals surface area contributed by atoms with Gasteiger partial charge in [-0.25, -0.2) is 9.97 Å². The fourth-order valence-corrected chi connectivity index (χ4v) is 3.91. The molecule has 160 valence electrons. The van der Waals surface area contributed by atoms with Crippen molar-refractivity contribution in [1.29, 1.82) is 0 Å². The van der Waals surface area contributed by atoms with Crippen LogP contribution in [0.1, 0.15) is 58.7 Å². The van der Waals surface area contributed by atoms with Gasteiger partial charge in [-0.05, 0) is 45.4 Å². The lowest BCUT2D eigenvalue weighted by Crippen LogP contribution is -2.29. The number of aromatic nitrogens is 4. The van der Waals surface area contributed by atoms with Crippen LogP contribution in [0.15, 0.2) is 30.3 Å². The van der Waals surface area contributed by atoms with Gasteiger partial charge in [-0.2, -0.15) is 9.78 Å². The number of para-hydroxylation sites is 1. The van der Waals surface area contributed by atoms with E-state index in [1.807, 2.05) is 39.8 Å². The first-order valence-corrected chi connectivity index (χ1v) is 10.4. The van der Waals surface area contributed by atoms with Crippen LogP contribution < -0.4 is 10.1 Å².